The van der Waals surface area contributed by atoms with Gasteiger partial charge >= 0.3 is 11.9 Å². The second-order valence-corrected chi connectivity index (χ2v) is 14.6. The summed E-state index contributed by atoms with van der Waals surface area (Å²) in [7, 11) is 0. The number of carbonyl (C=O) groups excluding carboxylic acids is 6. The van der Waals surface area contributed by atoms with Gasteiger partial charge < -0.3 is 64.6 Å². The lowest BCUT2D eigenvalue weighted by Crippen LogP contribution is -2.58. The third-order valence-electron chi connectivity index (χ3n) is 9.13. The highest BCUT2D eigenvalue weighted by Gasteiger charge is 2.31. The number of hydrogen-bond donors (Lipinski definition) is 13. The van der Waals surface area contributed by atoms with E-state index in [9.17, 15) is 48.3 Å². The molecule has 0 aliphatic heterocycles. The average Bonchev–Trinajstić information content (AvgIpc) is 3.22. The number of aromatic amines is 1. The maximum Gasteiger partial charge on any atom is 0.325 e. The van der Waals surface area contributed by atoms with E-state index in [1.807, 2.05) is 0 Å². The van der Waals surface area contributed by atoms with Crippen molar-refractivity contribution in [1.29, 1.82) is 0 Å². The van der Waals surface area contributed by atoms with Crippen molar-refractivity contribution < 1.29 is 48.6 Å². The fraction of sp³-hybridized carbons (Fsp3) is 0.447. The van der Waals surface area contributed by atoms with Crippen LogP contribution in [0.2, 0.25) is 0 Å². The van der Waals surface area contributed by atoms with Crippen molar-refractivity contribution in [2.24, 2.45) is 16.5 Å². The van der Waals surface area contributed by atoms with Crippen molar-refractivity contribution in [2.45, 2.75) is 103 Å². The standard InChI is InChI=1S/C38H53N15O11/c1-17(45-32(59)21-8-10-22(11-9-21)43-15-23-16-44-29-28(49-23)35(62)53-38(41)52-29)7-12-26(54)46-18(2)30(57)50-24(6-5-13-42-37(39)40)33(60)47-19(3)31(58)51-25(14-27(55)56)34(61)48-20(4)36(63)64/h8-11,16-20,24-25,43H,5-7,12-15H2,1-4H3,(H,45,59)(H,46,54)(H,47,60)(H,48,61)(H,50,57)(H,51,58)(H,55,56)(H,63,64)(H4,39,40,42)(H3,41,44,52,53,62)/t17-,18+,19+,20+,24+,25+/m1/s1. The molecule has 6 atom stereocenters. The molecule has 0 radical (unpaired) electrons. The molecule has 2 aromatic heterocycles. The topological polar surface area (TPSA) is 423 Å². The lowest BCUT2D eigenvalue weighted by molar-refractivity contribution is -0.143. The highest BCUT2D eigenvalue weighted by Crippen LogP contribution is 2.13. The van der Waals surface area contributed by atoms with Gasteiger partial charge in [0.2, 0.25) is 35.5 Å². The number of carboxylic acid groups (broad SMARTS) is 2. The predicted octanol–water partition coefficient (Wildman–Crippen LogP) is -3.10. The molecule has 0 saturated heterocycles. The summed E-state index contributed by atoms with van der Waals surface area (Å²) < 4.78 is 0. The Bertz CT molecular complexity index is 2280. The number of aliphatic carboxylic acids is 2. The summed E-state index contributed by atoms with van der Waals surface area (Å²) in [6.07, 6.45) is 0.833. The van der Waals surface area contributed by atoms with E-state index in [2.05, 4.69) is 62.1 Å². The molecule has 0 aliphatic rings. The molecule has 0 unspecified atom stereocenters. The van der Waals surface area contributed by atoms with E-state index in [-0.39, 0.29) is 61.8 Å². The van der Waals surface area contributed by atoms with Gasteiger partial charge in [-0.3, -0.25) is 53.1 Å². The van der Waals surface area contributed by atoms with Gasteiger partial charge in [-0.1, -0.05) is 0 Å². The highest BCUT2D eigenvalue weighted by molar-refractivity contribution is 5.97. The molecule has 0 saturated carbocycles. The number of nitrogens with zero attached hydrogens (tertiary/aromatic N) is 4. The van der Waals surface area contributed by atoms with Crippen molar-refractivity contribution in [2.75, 3.05) is 17.6 Å². The molecule has 0 aliphatic carbocycles. The Hall–Kier alpha value is -7.93. The van der Waals surface area contributed by atoms with Gasteiger partial charge in [0.05, 0.1) is 24.9 Å². The summed E-state index contributed by atoms with van der Waals surface area (Å²) in [5, 5.41) is 35.9. The van der Waals surface area contributed by atoms with Gasteiger partial charge in [-0.2, -0.15) is 4.98 Å². The fourth-order valence-corrected chi connectivity index (χ4v) is 5.60. The molecular formula is C38H53N15O11. The van der Waals surface area contributed by atoms with Crippen LogP contribution in [0.25, 0.3) is 11.2 Å². The zero-order chi connectivity index (χ0) is 47.7. The lowest BCUT2D eigenvalue weighted by Gasteiger charge is -2.24. The fourth-order valence-electron chi connectivity index (χ4n) is 5.60. The number of aromatic nitrogens is 4. The minimum atomic E-state index is -1.69. The summed E-state index contributed by atoms with van der Waals surface area (Å²) in [5.41, 5.74) is 17.4. The first-order chi connectivity index (χ1) is 30.1. The van der Waals surface area contributed by atoms with Crippen LogP contribution >= 0.6 is 0 Å². The van der Waals surface area contributed by atoms with Crippen LogP contribution in [0.5, 0.6) is 0 Å². The molecule has 64 heavy (non-hydrogen) atoms. The molecule has 3 rings (SSSR count). The largest absolute Gasteiger partial charge is 0.481 e. The summed E-state index contributed by atoms with van der Waals surface area (Å²) in [6.45, 7) is 5.74. The molecule has 16 N–H and O–H groups in total. The molecule has 1 aromatic carbocycles. The average molecular weight is 896 g/mol. The number of hydrogen-bond acceptors (Lipinski definition) is 15. The van der Waals surface area contributed by atoms with E-state index in [1.54, 1.807) is 31.2 Å². The molecule has 0 fully saturated rings. The normalized spacial score (nSPS) is 13.6. The first-order valence-corrected chi connectivity index (χ1v) is 19.8. The second-order valence-electron chi connectivity index (χ2n) is 14.6. The van der Waals surface area contributed by atoms with E-state index in [0.717, 1.165) is 6.92 Å². The maximum atomic E-state index is 13.3. The Balaban J connectivity index is 1.50. The number of carboxylic acids is 2. The van der Waals surface area contributed by atoms with Gasteiger partial charge in [0.25, 0.3) is 11.5 Å². The van der Waals surface area contributed by atoms with Crippen LogP contribution in [0.3, 0.4) is 0 Å². The number of aliphatic imine (C=N–C) groups is 1. The first-order valence-electron chi connectivity index (χ1n) is 19.8. The minimum Gasteiger partial charge on any atom is -0.481 e. The summed E-state index contributed by atoms with van der Waals surface area (Å²) in [5.74, 6) is -7.78. The third kappa shape index (κ3) is 16.5. The van der Waals surface area contributed by atoms with Crippen molar-refractivity contribution in [1.82, 2.24) is 51.8 Å². The first kappa shape index (κ1) is 50.4. The van der Waals surface area contributed by atoms with E-state index in [1.165, 1.54) is 20.0 Å². The monoisotopic (exact) mass is 895 g/mol. The molecule has 0 spiro atoms. The molecule has 26 heteroatoms. The number of carbonyl (C=O) groups is 8. The van der Waals surface area contributed by atoms with Gasteiger partial charge in [0, 0.05) is 30.3 Å². The van der Waals surface area contributed by atoms with Gasteiger partial charge in [0.1, 0.15) is 30.2 Å². The Labute approximate surface area is 364 Å². The highest BCUT2D eigenvalue weighted by atomic mass is 16.4. The Morgan fingerprint density at radius 1 is 0.766 bits per heavy atom. The van der Waals surface area contributed by atoms with E-state index >= 15 is 0 Å². The van der Waals surface area contributed by atoms with Crippen LogP contribution in [-0.4, -0.2) is 126 Å². The van der Waals surface area contributed by atoms with Crippen LogP contribution in [0, 0.1) is 0 Å². The van der Waals surface area contributed by atoms with Crippen molar-refractivity contribution >= 4 is 76.1 Å². The van der Waals surface area contributed by atoms with Crippen LogP contribution in [0.15, 0.2) is 40.2 Å². The molecule has 0 bridgehead atoms. The number of nitrogen functional groups attached to an aromatic ring is 1. The van der Waals surface area contributed by atoms with Gasteiger partial charge in [-0.25, -0.2) is 9.97 Å². The summed E-state index contributed by atoms with van der Waals surface area (Å²) in [4.78, 5) is 131. The molecule has 3 aromatic rings. The van der Waals surface area contributed by atoms with Crippen molar-refractivity contribution in [3.63, 3.8) is 0 Å². The number of fused-ring (bicyclic) bond motifs is 1. The van der Waals surface area contributed by atoms with Crippen LogP contribution < -0.4 is 60.0 Å². The lowest BCUT2D eigenvalue weighted by atomic mass is 10.1. The number of amides is 6. The molecule has 26 nitrogen and oxygen atoms in total. The zero-order valence-corrected chi connectivity index (χ0v) is 35.4. The Morgan fingerprint density at radius 2 is 1.38 bits per heavy atom. The molecule has 346 valence electrons. The van der Waals surface area contributed by atoms with E-state index in [4.69, 9.17) is 22.3 Å². The number of H-pyrrole nitrogens is 1. The van der Waals surface area contributed by atoms with Gasteiger partial charge in [0.15, 0.2) is 17.1 Å². The number of rotatable bonds is 24. The molecule has 6 amide bonds. The smallest absolute Gasteiger partial charge is 0.325 e. The second kappa shape index (κ2) is 23.9. The van der Waals surface area contributed by atoms with E-state index in [0.29, 0.717) is 16.9 Å². The van der Waals surface area contributed by atoms with E-state index < -0.39 is 95.6 Å². The Morgan fingerprint density at radius 3 is 2.00 bits per heavy atom. The summed E-state index contributed by atoms with van der Waals surface area (Å²) >= 11 is 0. The minimum absolute atomic E-state index is 0.0324. The van der Waals surface area contributed by atoms with Crippen molar-refractivity contribution in [3.05, 3.63) is 52.1 Å². The van der Waals surface area contributed by atoms with Gasteiger partial charge in [-0.15, -0.1) is 0 Å². The van der Waals surface area contributed by atoms with Gasteiger partial charge in [-0.05, 0) is 71.2 Å². The van der Waals surface area contributed by atoms with Crippen LogP contribution in [0.1, 0.15) is 75.9 Å². The predicted molar refractivity (Wildman–Crippen MR) is 229 cm³/mol. The SMILES string of the molecule is C[C@H](CCC(=O)N[C@@H](C)C(=O)N[C@@H](CCCN=C(N)N)C(=O)N[C@@H](C)C(=O)N[C@@H](CC(=O)O)C(=O)N[C@@H](C)C(=O)O)NC(=O)c1ccc(NCc2cnc3nc(N)[nH]c(=O)c3n2)cc1. The molecule has 2 heterocycles. The molecular weight excluding hydrogens is 843 g/mol. The maximum absolute atomic E-state index is 13.3. The quantitative estimate of drug-likeness (QED) is 0.0241. The number of anilines is 2. The Kier molecular flexibility index (Phi) is 18.8. The van der Waals surface area contributed by atoms with Crippen molar-refractivity contribution in [3.8, 4) is 0 Å². The number of nitrogens with one attached hydrogen (secondary N) is 8. The number of benzene rings is 1. The van der Waals surface area contributed by atoms with Crippen LogP contribution in [-0.2, 0) is 40.1 Å². The number of guanidine groups is 1. The third-order valence-corrected chi connectivity index (χ3v) is 9.13. The zero-order valence-electron chi connectivity index (χ0n) is 35.4. The number of nitrogens with two attached hydrogens (primary N) is 3. The van der Waals surface area contributed by atoms with Crippen LogP contribution in [0.4, 0.5) is 11.6 Å². The summed E-state index contributed by atoms with van der Waals surface area (Å²) in [6, 6.07) is -0.807.